The topological polar surface area (TPSA) is 79.8 Å². The lowest BCUT2D eigenvalue weighted by Gasteiger charge is -2.15. The van der Waals surface area contributed by atoms with Crippen molar-refractivity contribution in [2.45, 2.75) is 25.1 Å². The van der Waals surface area contributed by atoms with Gasteiger partial charge in [-0.25, -0.2) is 0 Å². The molecule has 1 aromatic carbocycles. The number of carbonyl (C=O) groups is 1. The molecule has 2 rings (SSSR count). The van der Waals surface area contributed by atoms with Gasteiger partial charge in [0.25, 0.3) is 0 Å². The third-order valence-corrected chi connectivity index (χ3v) is 3.36. The number of para-hydroxylation sites is 1. The zero-order chi connectivity index (χ0) is 14.5. The van der Waals surface area contributed by atoms with Crippen LogP contribution in [0, 0.1) is 0 Å². The lowest BCUT2D eigenvalue weighted by atomic mass is 10.1. The highest BCUT2D eigenvalue weighted by atomic mass is 16.5. The highest BCUT2D eigenvalue weighted by Gasteiger charge is 2.27. The summed E-state index contributed by atoms with van der Waals surface area (Å²) in [5, 5.41) is 15.2. The molecule has 1 amide bonds. The van der Waals surface area contributed by atoms with Gasteiger partial charge < -0.3 is 25.2 Å². The Kier molecular flexibility index (Phi) is 4.81. The number of ether oxygens (including phenoxy) is 2. The maximum absolute atomic E-state index is 12.0. The Labute approximate surface area is 118 Å². The molecule has 0 bridgehead atoms. The van der Waals surface area contributed by atoms with Crippen molar-refractivity contribution >= 4 is 5.91 Å². The van der Waals surface area contributed by atoms with Crippen LogP contribution in [0.3, 0.4) is 0 Å². The van der Waals surface area contributed by atoms with Crippen LogP contribution in [0.1, 0.15) is 12.0 Å². The zero-order valence-corrected chi connectivity index (χ0v) is 11.7. The number of methoxy groups -OCH3 is 2. The van der Waals surface area contributed by atoms with Crippen LogP contribution in [-0.2, 0) is 11.3 Å². The minimum Gasteiger partial charge on any atom is -0.493 e. The summed E-state index contributed by atoms with van der Waals surface area (Å²) in [4.78, 5) is 12.0. The summed E-state index contributed by atoms with van der Waals surface area (Å²) in [5.41, 5.74) is 0.846. The monoisotopic (exact) mass is 280 g/mol. The van der Waals surface area contributed by atoms with Crippen LogP contribution < -0.4 is 20.1 Å². The van der Waals surface area contributed by atoms with Gasteiger partial charge in [0.05, 0.1) is 26.4 Å². The molecule has 6 heteroatoms. The molecular weight excluding hydrogens is 260 g/mol. The Bertz CT molecular complexity index is 478. The van der Waals surface area contributed by atoms with Crippen LogP contribution in [0.25, 0.3) is 0 Å². The van der Waals surface area contributed by atoms with Gasteiger partial charge in [0.1, 0.15) is 0 Å². The van der Waals surface area contributed by atoms with E-state index < -0.39 is 6.10 Å². The molecule has 2 atom stereocenters. The second kappa shape index (κ2) is 6.58. The van der Waals surface area contributed by atoms with Crippen molar-refractivity contribution in [2.24, 2.45) is 0 Å². The summed E-state index contributed by atoms with van der Waals surface area (Å²) in [7, 11) is 3.14. The number of carbonyl (C=O) groups excluding carboxylic acids is 1. The third-order valence-electron chi connectivity index (χ3n) is 3.36. The largest absolute Gasteiger partial charge is 0.493 e. The summed E-state index contributed by atoms with van der Waals surface area (Å²) in [6.07, 6.45) is -0.00161. The van der Waals surface area contributed by atoms with Gasteiger partial charge in [0.2, 0.25) is 5.91 Å². The van der Waals surface area contributed by atoms with E-state index in [0.29, 0.717) is 31.0 Å². The van der Waals surface area contributed by atoms with Crippen LogP contribution in [0.5, 0.6) is 11.5 Å². The van der Waals surface area contributed by atoms with Crippen molar-refractivity contribution in [1.82, 2.24) is 10.6 Å². The van der Waals surface area contributed by atoms with Crippen LogP contribution in [0.4, 0.5) is 0 Å². The van der Waals surface area contributed by atoms with Gasteiger partial charge in [-0.15, -0.1) is 0 Å². The van der Waals surface area contributed by atoms with Crippen molar-refractivity contribution in [2.75, 3.05) is 20.8 Å². The molecule has 3 N–H and O–H groups in total. The molecule has 0 aliphatic carbocycles. The van der Waals surface area contributed by atoms with Crippen molar-refractivity contribution in [3.05, 3.63) is 23.8 Å². The molecule has 6 nitrogen and oxygen atoms in total. The maximum atomic E-state index is 12.0. The number of hydrogen-bond acceptors (Lipinski definition) is 5. The summed E-state index contributed by atoms with van der Waals surface area (Å²) in [5.74, 6) is 1.13. The fraction of sp³-hybridized carbons (Fsp3) is 0.500. The molecule has 1 aromatic rings. The van der Waals surface area contributed by atoms with Gasteiger partial charge in [-0.3, -0.25) is 4.79 Å². The van der Waals surface area contributed by atoms with Crippen LogP contribution in [-0.4, -0.2) is 43.9 Å². The third kappa shape index (κ3) is 3.20. The molecule has 0 spiro atoms. The van der Waals surface area contributed by atoms with E-state index in [0.717, 1.165) is 5.56 Å². The molecule has 1 saturated heterocycles. The predicted octanol–water partition coefficient (Wildman–Crippen LogP) is 0.0428. The molecule has 20 heavy (non-hydrogen) atoms. The van der Waals surface area contributed by atoms with E-state index in [4.69, 9.17) is 9.47 Å². The Hall–Kier alpha value is -1.79. The Balaban J connectivity index is 1.98. The molecule has 1 aliphatic heterocycles. The first-order valence-electron chi connectivity index (χ1n) is 6.54. The number of rotatable bonds is 5. The number of nitrogens with one attached hydrogen (secondary N) is 2. The lowest BCUT2D eigenvalue weighted by Crippen LogP contribution is -2.40. The summed E-state index contributed by atoms with van der Waals surface area (Å²) in [6.45, 7) is 0.814. The van der Waals surface area contributed by atoms with Crippen molar-refractivity contribution < 1.29 is 19.4 Å². The lowest BCUT2D eigenvalue weighted by molar-refractivity contribution is -0.123. The molecule has 0 radical (unpaired) electrons. The number of benzene rings is 1. The molecule has 0 unspecified atom stereocenters. The SMILES string of the molecule is COc1cccc(CNC(=O)[C@@H]2C[C@H](O)CN2)c1OC. The summed E-state index contributed by atoms with van der Waals surface area (Å²) < 4.78 is 10.5. The number of aliphatic hydroxyl groups is 1. The minimum absolute atomic E-state index is 0.119. The second-order valence-corrected chi connectivity index (χ2v) is 4.72. The fourth-order valence-corrected chi connectivity index (χ4v) is 2.32. The van der Waals surface area contributed by atoms with E-state index in [1.165, 1.54) is 0 Å². The van der Waals surface area contributed by atoms with E-state index in [1.807, 2.05) is 12.1 Å². The smallest absolute Gasteiger partial charge is 0.237 e. The quantitative estimate of drug-likeness (QED) is 0.710. The van der Waals surface area contributed by atoms with E-state index in [-0.39, 0.29) is 11.9 Å². The number of aliphatic hydroxyl groups excluding tert-OH is 1. The highest BCUT2D eigenvalue weighted by molar-refractivity contribution is 5.82. The molecule has 1 aliphatic rings. The average molecular weight is 280 g/mol. The first-order chi connectivity index (χ1) is 9.65. The van der Waals surface area contributed by atoms with Crippen molar-refractivity contribution in [1.29, 1.82) is 0 Å². The fourth-order valence-electron chi connectivity index (χ4n) is 2.32. The summed E-state index contributed by atoms with van der Waals surface area (Å²) in [6, 6.07) is 5.19. The van der Waals surface area contributed by atoms with Gasteiger partial charge in [-0.2, -0.15) is 0 Å². The van der Waals surface area contributed by atoms with Gasteiger partial charge in [-0.1, -0.05) is 12.1 Å². The molecule has 0 saturated carbocycles. The van der Waals surface area contributed by atoms with E-state index in [1.54, 1.807) is 20.3 Å². The summed E-state index contributed by atoms with van der Waals surface area (Å²) >= 11 is 0. The van der Waals surface area contributed by atoms with Gasteiger partial charge in [0, 0.05) is 18.7 Å². The van der Waals surface area contributed by atoms with Crippen molar-refractivity contribution in [3.63, 3.8) is 0 Å². The van der Waals surface area contributed by atoms with E-state index >= 15 is 0 Å². The van der Waals surface area contributed by atoms with E-state index in [9.17, 15) is 9.90 Å². The molecule has 110 valence electrons. The molecule has 0 aromatic heterocycles. The standard InChI is InChI=1S/C14H20N2O4/c1-19-12-5-3-4-9(13(12)20-2)7-16-14(18)11-6-10(17)8-15-11/h3-5,10-11,15,17H,6-8H2,1-2H3,(H,16,18)/t10-,11-/m0/s1. The van der Waals surface area contributed by atoms with Gasteiger partial charge >= 0.3 is 0 Å². The first-order valence-corrected chi connectivity index (χ1v) is 6.54. The van der Waals surface area contributed by atoms with Gasteiger partial charge in [-0.05, 0) is 12.5 Å². The zero-order valence-electron chi connectivity index (χ0n) is 11.7. The average Bonchev–Trinajstić information content (AvgIpc) is 2.90. The highest BCUT2D eigenvalue weighted by Crippen LogP contribution is 2.30. The van der Waals surface area contributed by atoms with Crippen LogP contribution >= 0.6 is 0 Å². The maximum Gasteiger partial charge on any atom is 0.237 e. The predicted molar refractivity (Wildman–Crippen MR) is 73.8 cm³/mol. The van der Waals surface area contributed by atoms with Crippen LogP contribution in [0.15, 0.2) is 18.2 Å². The van der Waals surface area contributed by atoms with Gasteiger partial charge in [0.15, 0.2) is 11.5 Å². The molecule has 1 heterocycles. The number of hydrogen-bond donors (Lipinski definition) is 3. The second-order valence-electron chi connectivity index (χ2n) is 4.72. The van der Waals surface area contributed by atoms with Crippen molar-refractivity contribution in [3.8, 4) is 11.5 Å². The number of amides is 1. The Morgan fingerprint density at radius 1 is 1.45 bits per heavy atom. The number of β-amino-alcohol motifs (C(OH)–C–C–N with tert-alkyl or cyclic N) is 1. The Morgan fingerprint density at radius 3 is 2.85 bits per heavy atom. The Morgan fingerprint density at radius 2 is 2.25 bits per heavy atom. The molecular formula is C14H20N2O4. The van der Waals surface area contributed by atoms with E-state index in [2.05, 4.69) is 10.6 Å². The normalized spacial score (nSPS) is 21.6. The molecule has 1 fully saturated rings. The minimum atomic E-state index is -0.447. The van der Waals surface area contributed by atoms with Crippen LogP contribution in [0.2, 0.25) is 0 Å². The first kappa shape index (κ1) is 14.6.